The molecule has 0 fully saturated rings. The number of aromatic nitrogens is 1. The van der Waals surface area contributed by atoms with Crippen molar-refractivity contribution in [2.24, 2.45) is 0 Å². The molecular formula is C19H21N3O2S. The number of thioether (sulfide) groups is 1. The molecule has 0 bridgehead atoms. The molecule has 2 aromatic rings. The van der Waals surface area contributed by atoms with Crippen LogP contribution in [0, 0.1) is 11.3 Å². The maximum Gasteiger partial charge on any atom is 0.234 e. The highest BCUT2D eigenvalue weighted by Gasteiger charge is 2.11. The number of rotatable bonds is 7. The first-order chi connectivity index (χ1) is 12.0. The molecule has 5 nitrogen and oxygen atoms in total. The topological polar surface area (TPSA) is 75.0 Å². The van der Waals surface area contributed by atoms with Crippen LogP contribution in [0.2, 0.25) is 0 Å². The van der Waals surface area contributed by atoms with Crippen LogP contribution in [0.4, 0.5) is 5.69 Å². The van der Waals surface area contributed by atoms with Crippen LogP contribution in [0.5, 0.6) is 5.75 Å². The van der Waals surface area contributed by atoms with Crippen LogP contribution >= 0.6 is 11.8 Å². The molecular weight excluding hydrogens is 334 g/mol. The fourth-order valence-corrected chi connectivity index (χ4v) is 2.88. The van der Waals surface area contributed by atoms with Crippen LogP contribution in [0.25, 0.3) is 0 Å². The van der Waals surface area contributed by atoms with Gasteiger partial charge in [-0.1, -0.05) is 25.6 Å². The number of nitrogens with zero attached hydrogens (tertiary/aromatic N) is 2. The van der Waals surface area contributed by atoms with E-state index in [0.29, 0.717) is 22.9 Å². The van der Waals surface area contributed by atoms with Crippen molar-refractivity contribution in [3.8, 4) is 11.8 Å². The molecule has 25 heavy (non-hydrogen) atoms. The summed E-state index contributed by atoms with van der Waals surface area (Å²) >= 11 is 1.27. The van der Waals surface area contributed by atoms with Crippen molar-refractivity contribution >= 4 is 23.4 Å². The van der Waals surface area contributed by atoms with E-state index in [1.54, 1.807) is 18.2 Å². The van der Waals surface area contributed by atoms with Crippen LogP contribution in [0.15, 0.2) is 41.4 Å². The summed E-state index contributed by atoms with van der Waals surface area (Å²) in [5.74, 6) is 1.08. The second-order valence-corrected chi connectivity index (χ2v) is 6.61. The minimum Gasteiger partial charge on any atom is -0.494 e. The fourth-order valence-electron chi connectivity index (χ4n) is 2.10. The predicted octanol–water partition coefficient (Wildman–Crippen LogP) is 4.21. The Morgan fingerprint density at radius 2 is 2.00 bits per heavy atom. The first kappa shape index (κ1) is 18.8. The highest BCUT2D eigenvalue weighted by atomic mass is 32.2. The first-order valence-electron chi connectivity index (χ1n) is 8.10. The molecule has 0 aliphatic heterocycles. The lowest BCUT2D eigenvalue weighted by atomic mass is 10.1. The molecule has 0 spiro atoms. The standard InChI is InChI=1S/C19H21N3O2S/c1-4-24-16-8-6-15(7-9-16)21-18(23)12-25-19-14(11-20)5-10-17(22-19)13(2)3/h5-10,13H,4,12H2,1-3H3,(H,21,23). The Labute approximate surface area is 152 Å². The third kappa shape index (κ3) is 5.50. The molecule has 0 aliphatic carbocycles. The minimum atomic E-state index is -0.144. The Balaban J connectivity index is 1.97. The smallest absolute Gasteiger partial charge is 0.234 e. The molecule has 1 aromatic carbocycles. The van der Waals surface area contributed by atoms with Gasteiger partial charge in [0.15, 0.2) is 0 Å². The van der Waals surface area contributed by atoms with Gasteiger partial charge in [-0.25, -0.2) is 4.98 Å². The number of carbonyl (C=O) groups excluding carboxylic acids is 1. The maximum absolute atomic E-state index is 12.1. The van der Waals surface area contributed by atoms with Gasteiger partial charge in [0.1, 0.15) is 16.8 Å². The normalized spacial score (nSPS) is 10.4. The molecule has 130 valence electrons. The lowest BCUT2D eigenvalue weighted by molar-refractivity contribution is -0.113. The van der Waals surface area contributed by atoms with E-state index in [1.807, 2.05) is 39.0 Å². The Hall–Kier alpha value is -2.52. The van der Waals surface area contributed by atoms with Crippen LogP contribution in [-0.2, 0) is 4.79 Å². The molecule has 0 atom stereocenters. The molecule has 1 heterocycles. The quantitative estimate of drug-likeness (QED) is 0.753. The summed E-state index contributed by atoms with van der Waals surface area (Å²) in [6.45, 7) is 6.61. The van der Waals surface area contributed by atoms with Gasteiger partial charge in [0.05, 0.1) is 17.9 Å². The van der Waals surface area contributed by atoms with Gasteiger partial charge in [-0.2, -0.15) is 5.26 Å². The summed E-state index contributed by atoms with van der Waals surface area (Å²) in [4.78, 5) is 16.6. The van der Waals surface area contributed by atoms with Crippen molar-refractivity contribution in [3.05, 3.63) is 47.7 Å². The van der Waals surface area contributed by atoms with Gasteiger partial charge in [-0.3, -0.25) is 4.79 Å². The Kier molecular flexibility index (Phi) is 6.84. The molecule has 0 saturated heterocycles. The van der Waals surface area contributed by atoms with E-state index in [0.717, 1.165) is 11.4 Å². The lowest BCUT2D eigenvalue weighted by Gasteiger charge is -2.09. The second-order valence-electron chi connectivity index (χ2n) is 5.65. The van der Waals surface area contributed by atoms with E-state index >= 15 is 0 Å². The van der Waals surface area contributed by atoms with Gasteiger partial charge in [-0.05, 0) is 49.2 Å². The Morgan fingerprint density at radius 3 is 2.60 bits per heavy atom. The molecule has 0 aliphatic rings. The largest absolute Gasteiger partial charge is 0.494 e. The van der Waals surface area contributed by atoms with E-state index in [9.17, 15) is 10.1 Å². The molecule has 2 rings (SSSR count). The number of ether oxygens (including phenoxy) is 1. The van der Waals surface area contributed by atoms with Gasteiger partial charge in [0.2, 0.25) is 5.91 Å². The average Bonchev–Trinajstić information content (AvgIpc) is 2.61. The van der Waals surface area contributed by atoms with Crippen molar-refractivity contribution < 1.29 is 9.53 Å². The zero-order valence-corrected chi connectivity index (χ0v) is 15.4. The molecule has 6 heteroatoms. The summed E-state index contributed by atoms with van der Waals surface area (Å²) in [6, 6.07) is 13.0. The predicted molar refractivity (Wildman–Crippen MR) is 100 cm³/mol. The van der Waals surface area contributed by atoms with E-state index < -0.39 is 0 Å². The minimum absolute atomic E-state index is 0.144. The van der Waals surface area contributed by atoms with Gasteiger partial charge >= 0.3 is 0 Å². The summed E-state index contributed by atoms with van der Waals surface area (Å²) in [5, 5.41) is 12.6. The van der Waals surface area contributed by atoms with Crippen LogP contribution in [0.3, 0.4) is 0 Å². The van der Waals surface area contributed by atoms with Crippen LogP contribution < -0.4 is 10.1 Å². The maximum atomic E-state index is 12.1. The molecule has 0 radical (unpaired) electrons. The van der Waals surface area contributed by atoms with Gasteiger partial charge < -0.3 is 10.1 Å². The number of hydrogen-bond acceptors (Lipinski definition) is 5. The molecule has 1 N–H and O–H groups in total. The van der Waals surface area contributed by atoms with Crippen molar-refractivity contribution in [2.75, 3.05) is 17.7 Å². The molecule has 0 unspecified atom stereocenters. The molecule has 0 saturated carbocycles. The lowest BCUT2D eigenvalue weighted by Crippen LogP contribution is -2.14. The average molecular weight is 355 g/mol. The van der Waals surface area contributed by atoms with Gasteiger partial charge in [-0.15, -0.1) is 0 Å². The number of nitriles is 1. The highest BCUT2D eigenvalue weighted by Crippen LogP contribution is 2.24. The number of benzene rings is 1. The van der Waals surface area contributed by atoms with E-state index in [-0.39, 0.29) is 17.6 Å². The van der Waals surface area contributed by atoms with Crippen molar-refractivity contribution in [2.45, 2.75) is 31.7 Å². The summed E-state index contributed by atoms with van der Waals surface area (Å²) in [5.41, 5.74) is 2.11. The number of carbonyl (C=O) groups is 1. The fraction of sp³-hybridized carbons (Fsp3) is 0.316. The SMILES string of the molecule is CCOc1ccc(NC(=O)CSc2nc(C(C)C)ccc2C#N)cc1. The number of anilines is 1. The molecule has 1 aromatic heterocycles. The summed E-state index contributed by atoms with van der Waals surface area (Å²) in [6.07, 6.45) is 0. The van der Waals surface area contributed by atoms with Crippen molar-refractivity contribution in [3.63, 3.8) is 0 Å². The van der Waals surface area contributed by atoms with Gasteiger partial charge in [0.25, 0.3) is 0 Å². The zero-order valence-electron chi connectivity index (χ0n) is 14.6. The van der Waals surface area contributed by atoms with Crippen LogP contribution in [-0.4, -0.2) is 23.3 Å². The Morgan fingerprint density at radius 1 is 1.28 bits per heavy atom. The summed E-state index contributed by atoms with van der Waals surface area (Å²) in [7, 11) is 0. The third-order valence-electron chi connectivity index (χ3n) is 3.38. The second kappa shape index (κ2) is 9.09. The van der Waals surface area contributed by atoms with E-state index in [4.69, 9.17) is 4.74 Å². The third-order valence-corrected chi connectivity index (χ3v) is 4.37. The molecule has 1 amide bonds. The Bertz CT molecular complexity index is 767. The number of hydrogen-bond donors (Lipinski definition) is 1. The first-order valence-corrected chi connectivity index (χ1v) is 9.08. The van der Waals surface area contributed by atoms with E-state index in [2.05, 4.69) is 16.4 Å². The summed E-state index contributed by atoms with van der Waals surface area (Å²) < 4.78 is 5.37. The van der Waals surface area contributed by atoms with E-state index in [1.165, 1.54) is 11.8 Å². The highest BCUT2D eigenvalue weighted by molar-refractivity contribution is 8.00. The van der Waals surface area contributed by atoms with Crippen molar-refractivity contribution in [1.29, 1.82) is 5.26 Å². The number of nitrogens with one attached hydrogen (secondary N) is 1. The van der Waals surface area contributed by atoms with Crippen molar-refractivity contribution in [1.82, 2.24) is 4.98 Å². The zero-order chi connectivity index (χ0) is 18.2. The number of amides is 1. The number of pyridine rings is 1. The van der Waals surface area contributed by atoms with Crippen LogP contribution in [0.1, 0.15) is 37.9 Å². The van der Waals surface area contributed by atoms with Gasteiger partial charge in [0, 0.05) is 11.4 Å². The monoisotopic (exact) mass is 355 g/mol.